The van der Waals surface area contributed by atoms with E-state index in [9.17, 15) is 24.9 Å². The van der Waals surface area contributed by atoms with Crippen LogP contribution in [-0.2, 0) is 11.3 Å². The summed E-state index contributed by atoms with van der Waals surface area (Å²) in [6.45, 7) is 1.01. The van der Waals surface area contributed by atoms with Crippen LogP contribution >= 0.6 is 0 Å². The molecule has 0 spiro atoms. The molecule has 1 heterocycles. The van der Waals surface area contributed by atoms with Crippen molar-refractivity contribution in [1.82, 2.24) is 10.2 Å². The predicted octanol–water partition coefficient (Wildman–Crippen LogP) is 2.33. The van der Waals surface area contributed by atoms with E-state index in [1.54, 1.807) is 4.90 Å². The van der Waals surface area contributed by atoms with Crippen molar-refractivity contribution < 1.29 is 29.6 Å². The Morgan fingerprint density at radius 1 is 1.04 bits per heavy atom. The van der Waals surface area contributed by atoms with Gasteiger partial charge in [-0.2, -0.15) is 0 Å². The zero-order chi connectivity index (χ0) is 20.1. The highest BCUT2D eigenvalue weighted by Crippen LogP contribution is 2.35. The first-order valence-electron chi connectivity index (χ1n) is 8.95. The minimum Gasteiger partial charge on any atom is -0.504 e. The molecule has 0 aliphatic carbocycles. The Hall–Kier alpha value is -3.42. The molecule has 4 N–H and O–H groups in total. The Labute approximate surface area is 162 Å². The standard InChI is InChI=1S/C20H22N2O6/c23-16-10-14(11-17(24)18(16)25)19(26)22-8-6-15(7-9-22)21-20(27)28-12-13-4-2-1-3-5-13/h1-5,10-11,15,23-25H,6-9,12H2,(H,21,27). The van der Waals surface area contributed by atoms with Crippen molar-refractivity contribution in [3.8, 4) is 17.2 Å². The number of carbonyl (C=O) groups is 2. The number of alkyl carbamates (subject to hydrolysis) is 1. The Morgan fingerprint density at radius 2 is 1.64 bits per heavy atom. The maximum Gasteiger partial charge on any atom is 0.407 e. The van der Waals surface area contributed by atoms with Crippen LogP contribution in [0.25, 0.3) is 0 Å². The fourth-order valence-electron chi connectivity index (χ4n) is 3.07. The maximum absolute atomic E-state index is 12.5. The first-order chi connectivity index (χ1) is 13.4. The van der Waals surface area contributed by atoms with Crippen LogP contribution in [0.15, 0.2) is 42.5 Å². The van der Waals surface area contributed by atoms with Crippen molar-refractivity contribution in [2.75, 3.05) is 13.1 Å². The number of hydrogen-bond donors (Lipinski definition) is 4. The van der Waals surface area contributed by atoms with Gasteiger partial charge in [0.05, 0.1) is 0 Å². The molecular weight excluding hydrogens is 364 g/mol. The second kappa shape index (κ2) is 8.51. The number of ether oxygens (including phenoxy) is 1. The van der Waals surface area contributed by atoms with Gasteiger partial charge in [0.2, 0.25) is 0 Å². The lowest BCUT2D eigenvalue weighted by Gasteiger charge is -2.32. The number of amides is 2. The molecule has 0 unspecified atom stereocenters. The summed E-state index contributed by atoms with van der Waals surface area (Å²) in [5.41, 5.74) is 0.986. The number of phenols is 3. The quantitative estimate of drug-likeness (QED) is 0.599. The molecule has 3 rings (SSSR count). The normalized spacial score (nSPS) is 14.5. The van der Waals surface area contributed by atoms with Gasteiger partial charge in [-0.25, -0.2) is 4.79 Å². The number of hydrogen-bond acceptors (Lipinski definition) is 6. The maximum atomic E-state index is 12.5. The summed E-state index contributed by atoms with van der Waals surface area (Å²) >= 11 is 0. The number of phenolic OH excluding ortho intramolecular Hbond substituents is 3. The molecule has 28 heavy (non-hydrogen) atoms. The van der Waals surface area contributed by atoms with E-state index in [2.05, 4.69) is 5.32 Å². The van der Waals surface area contributed by atoms with Crippen molar-refractivity contribution in [3.63, 3.8) is 0 Å². The fourth-order valence-corrected chi connectivity index (χ4v) is 3.07. The second-order valence-corrected chi connectivity index (χ2v) is 6.64. The summed E-state index contributed by atoms with van der Waals surface area (Å²) in [7, 11) is 0. The van der Waals surface area contributed by atoms with Crippen molar-refractivity contribution in [2.45, 2.75) is 25.5 Å². The summed E-state index contributed by atoms with van der Waals surface area (Å²) in [5.74, 6) is -2.13. The molecular formula is C20H22N2O6. The number of nitrogens with zero attached hydrogens (tertiary/aromatic N) is 1. The zero-order valence-corrected chi connectivity index (χ0v) is 15.2. The van der Waals surface area contributed by atoms with Gasteiger partial charge >= 0.3 is 6.09 Å². The highest BCUT2D eigenvalue weighted by atomic mass is 16.5. The molecule has 1 fully saturated rings. The lowest BCUT2D eigenvalue weighted by molar-refractivity contribution is 0.0700. The van der Waals surface area contributed by atoms with Crippen LogP contribution in [0.2, 0.25) is 0 Å². The molecule has 8 nitrogen and oxygen atoms in total. The van der Waals surface area contributed by atoms with Gasteiger partial charge in [0.15, 0.2) is 17.2 Å². The van der Waals surface area contributed by atoms with Gasteiger partial charge in [-0.3, -0.25) is 4.79 Å². The fraction of sp³-hybridized carbons (Fsp3) is 0.300. The van der Waals surface area contributed by atoms with E-state index < -0.39 is 23.3 Å². The summed E-state index contributed by atoms with van der Waals surface area (Å²) < 4.78 is 5.20. The monoisotopic (exact) mass is 386 g/mol. The molecule has 0 aromatic heterocycles. The summed E-state index contributed by atoms with van der Waals surface area (Å²) in [5, 5.41) is 31.3. The highest BCUT2D eigenvalue weighted by Gasteiger charge is 2.26. The number of aromatic hydroxyl groups is 3. The number of carbonyl (C=O) groups excluding carboxylic acids is 2. The molecule has 1 saturated heterocycles. The van der Waals surface area contributed by atoms with Crippen LogP contribution in [0.3, 0.4) is 0 Å². The first-order valence-corrected chi connectivity index (χ1v) is 8.95. The van der Waals surface area contributed by atoms with E-state index in [4.69, 9.17) is 4.74 Å². The molecule has 0 bridgehead atoms. The van der Waals surface area contributed by atoms with Gasteiger partial charge in [-0.1, -0.05) is 30.3 Å². The summed E-state index contributed by atoms with van der Waals surface area (Å²) in [6, 6.07) is 11.5. The molecule has 2 aromatic rings. The van der Waals surface area contributed by atoms with Gasteiger partial charge in [0.1, 0.15) is 6.61 Å². The first kappa shape index (κ1) is 19.3. The van der Waals surface area contributed by atoms with Crippen molar-refractivity contribution in [1.29, 1.82) is 0 Å². The van der Waals surface area contributed by atoms with Crippen LogP contribution in [-0.4, -0.2) is 51.4 Å². The summed E-state index contributed by atoms with van der Waals surface area (Å²) in [4.78, 5) is 26.0. The highest BCUT2D eigenvalue weighted by molar-refractivity contribution is 5.95. The van der Waals surface area contributed by atoms with Crippen LogP contribution in [0.4, 0.5) is 4.79 Å². The van der Waals surface area contributed by atoms with E-state index in [0.29, 0.717) is 25.9 Å². The molecule has 1 aliphatic heterocycles. The third kappa shape index (κ3) is 4.64. The van der Waals surface area contributed by atoms with E-state index in [1.165, 1.54) is 0 Å². The van der Waals surface area contributed by atoms with Crippen LogP contribution < -0.4 is 5.32 Å². The Bertz CT molecular complexity index is 824. The van der Waals surface area contributed by atoms with Gasteiger partial charge in [-0.05, 0) is 30.5 Å². The Morgan fingerprint density at radius 3 is 2.25 bits per heavy atom. The average molecular weight is 386 g/mol. The molecule has 8 heteroatoms. The van der Waals surface area contributed by atoms with Gasteiger partial charge in [0.25, 0.3) is 5.91 Å². The Balaban J connectivity index is 1.47. The lowest BCUT2D eigenvalue weighted by Crippen LogP contribution is -2.46. The van der Waals surface area contributed by atoms with Gasteiger partial charge in [0, 0.05) is 24.7 Å². The average Bonchev–Trinajstić information content (AvgIpc) is 2.71. The molecule has 2 aromatic carbocycles. The predicted molar refractivity (Wildman–Crippen MR) is 100 cm³/mol. The molecule has 2 amide bonds. The molecule has 0 atom stereocenters. The minimum atomic E-state index is -0.659. The lowest BCUT2D eigenvalue weighted by atomic mass is 10.0. The van der Waals surface area contributed by atoms with Gasteiger partial charge < -0.3 is 30.3 Å². The topological polar surface area (TPSA) is 119 Å². The van der Waals surface area contributed by atoms with Crippen LogP contribution in [0.5, 0.6) is 17.2 Å². The molecule has 148 valence electrons. The minimum absolute atomic E-state index is 0.0847. The second-order valence-electron chi connectivity index (χ2n) is 6.64. The third-order valence-electron chi connectivity index (χ3n) is 4.63. The van der Waals surface area contributed by atoms with Crippen LogP contribution in [0.1, 0.15) is 28.8 Å². The van der Waals surface area contributed by atoms with Gasteiger partial charge in [-0.15, -0.1) is 0 Å². The largest absolute Gasteiger partial charge is 0.504 e. The third-order valence-corrected chi connectivity index (χ3v) is 4.63. The van der Waals surface area contributed by atoms with Crippen molar-refractivity contribution >= 4 is 12.0 Å². The number of piperidine rings is 1. The molecule has 1 aliphatic rings. The van der Waals surface area contributed by atoms with E-state index in [1.807, 2.05) is 30.3 Å². The molecule has 0 radical (unpaired) electrons. The SMILES string of the molecule is O=C(NC1CCN(C(=O)c2cc(O)c(O)c(O)c2)CC1)OCc1ccccc1. The Kier molecular flexibility index (Phi) is 5.88. The number of likely N-dealkylation sites (tertiary alicyclic amines) is 1. The zero-order valence-electron chi connectivity index (χ0n) is 15.2. The van der Waals surface area contributed by atoms with Crippen LogP contribution in [0, 0.1) is 0 Å². The summed E-state index contributed by atoms with van der Waals surface area (Å²) in [6.07, 6.45) is 0.617. The smallest absolute Gasteiger partial charge is 0.407 e. The van der Waals surface area contributed by atoms with Crippen molar-refractivity contribution in [3.05, 3.63) is 53.6 Å². The van der Waals surface area contributed by atoms with E-state index >= 15 is 0 Å². The number of rotatable bonds is 4. The molecule has 0 saturated carbocycles. The van der Waals surface area contributed by atoms with E-state index in [-0.39, 0.29) is 24.1 Å². The number of nitrogens with one attached hydrogen (secondary N) is 1. The van der Waals surface area contributed by atoms with E-state index in [0.717, 1.165) is 17.7 Å². The number of benzene rings is 2. The van der Waals surface area contributed by atoms with Crippen molar-refractivity contribution in [2.24, 2.45) is 0 Å².